The highest BCUT2D eigenvalue weighted by Gasteiger charge is 2.21. The largest absolute Gasteiger partial charge is 0.497 e. The van der Waals surface area contributed by atoms with Crippen molar-refractivity contribution in [3.63, 3.8) is 0 Å². The molecule has 4 rings (SSSR count). The SMILES string of the molecule is COc1ccc(-c2cc(OCCBr)cc(C)c2C(=O)c2csc3ccccc23)cc1. The van der Waals surface area contributed by atoms with Gasteiger partial charge < -0.3 is 9.47 Å². The van der Waals surface area contributed by atoms with Crippen LogP contribution in [0.3, 0.4) is 0 Å². The molecule has 0 atom stereocenters. The average Bonchev–Trinajstić information content (AvgIpc) is 3.21. The highest BCUT2D eigenvalue weighted by molar-refractivity contribution is 9.09. The quantitative estimate of drug-likeness (QED) is 0.213. The third kappa shape index (κ3) is 4.00. The van der Waals surface area contributed by atoms with Gasteiger partial charge in [-0.1, -0.05) is 46.3 Å². The number of thiophene rings is 1. The van der Waals surface area contributed by atoms with E-state index in [-0.39, 0.29) is 5.78 Å². The van der Waals surface area contributed by atoms with E-state index < -0.39 is 0 Å². The molecule has 0 saturated carbocycles. The second kappa shape index (κ2) is 9.02. The third-order valence-electron chi connectivity index (χ3n) is 5.01. The number of carbonyl (C=O) groups is 1. The minimum absolute atomic E-state index is 0.0304. The molecule has 1 heterocycles. The number of hydrogen-bond acceptors (Lipinski definition) is 4. The van der Waals surface area contributed by atoms with Crippen LogP contribution < -0.4 is 9.47 Å². The molecule has 0 saturated heterocycles. The molecule has 30 heavy (non-hydrogen) atoms. The number of rotatable bonds is 7. The summed E-state index contributed by atoms with van der Waals surface area (Å²) in [5.41, 5.74) is 4.15. The molecule has 5 heteroatoms. The van der Waals surface area contributed by atoms with Crippen LogP contribution in [0, 0.1) is 6.92 Å². The van der Waals surface area contributed by atoms with E-state index in [0.29, 0.717) is 12.2 Å². The second-order valence-electron chi connectivity index (χ2n) is 6.90. The van der Waals surface area contributed by atoms with Crippen LogP contribution in [0.5, 0.6) is 11.5 Å². The van der Waals surface area contributed by atoms with Crippen LogP contribution in [0.2, 0.25) is 0 Å². The summed E-state index contributed by atoms with van der Waals surface area (Å²) in [6.45, 7) is 2.53. The van der Waals surface area contributed by atoms with Crippen molar-refractivity contribution in [3.8, 4) is 22.6 Å². The number of fused-ring (bicyclic) bond motifs is 1. The molecule has 1 aromatic heterocycles. The summed E-state index contributed by atoms with van der Waals surface area (Å²) in [5.74, 6) is 1.56. The van der Waals surface area contributed by atoms with Crippen molar-refractivity contribution in [3.05, 3.63) is 82.7 Å². The maximum atomic E-state index is 13.7. The molecule has 0 fully saturated rings. The molecule has 0 aliphatic rings. The topological polar surface area (TPSA) is 35.5 Å². The first kappa shape index (κ1) is 20.6. The number of ketones is 1. The van der Waals surface area contributed by atoms with Crippen molar-refractivity contribution in [2.45, 2.75) is 6.92 Å². The van der Waals surface area contributed by atoms with Crippen LogP contribution in [0.4, 0.5) is 0 Å². The molecule has 0 N–H and O–H groups in total. The van der Waals surface area contributed by atoms with Gasteiger partial charge in [0.2, 0.25) is 0 Å². The lowest BCUT2D eigenvalue weighted by atomic mass is 9.90. The van der Waals surface area contributed by atoms with Crippen LogP contribution in [-0.2, 0) is 0 Å². The molecule has 0 unspecified atom stereocenters. The van der Waals surface area contributed by atoms with E-state index in [2.05, 4.69) is 15.9 Å². The Bertz CT molecular complexity index is 1190. The van der Waals surface area contributed by atoms with Crippen molar-refractivity contribution >= 4 is 43.1 Å². The predicted molar refractivity (Wildman–Crippen MR) is 128 cm³/mol. The minimum atomic E-state index is 0.0304. The standard InChI is InChI=1S/C25H21BrO3S/c1-16-13-19(29-12-11-26)14-21(17-7-9-18(28-2)10-8-17)24(16)25(27)22-15-30-23-6-4-3-5-20(22)23/h3-10,13-15H,11-12H2,1-2H3. The molecular weight excluding hydrogens is 460 g/mol. The molecule has 0 aliphatic carbocycles. The lowest BCUT2D eigenvalue weighted by molar-refractivity contribution is 0.104. The lowest BCUT2D eigenvalue weighted by Gasteiger charge is -2.15. The fourth-order valence-electron chi connectivity index (χ4n) is 3.58. The first-order valence-corrected chi connectivity index (χ1v) is 11.6. The highest BCUT2D eigenvalue weighted by atomic mass is 79.9. The van der Waals surface area contributed by atoms with Gasteiger partial charge in [0.15, 0.2) is 5.78 Å². The fourth-order valence-corrected chi connectivity index (χ4v) is 4.68. The molecule has 0 aliphatic heterocycles. The number of aryl methyl sites for hydroxylation is 1. The number of carbonyl (C=O) groups excluding carboxylic acids is 1. The number of hydrogen-bond donors (Lipinski definition) is 0. The van der Waals surface area contributed by atoms with Crippen LogP contribution in [0.1, 0.15) is 21.5 Å². The first-order valence-electron chi connectivity index (χ1n) is 9.61. The van der Waals surface area contributed by atoms with Gasteiger partial charge in [0.05, 0.1) is 13.7 Å². The number of ether oxygens (including phenoxy) is 2. The Morgan fingerprint density at radius 3 is 2.53 bits per heavy atom. The Balaban J connectivity index is 1.87. The van der Waals surface area contributed by atoms with E-state index in [4.69, 9.17) is 9.47 Å². The van der Waals surface area contributed by atoms with Crippen LogP contribution >= 0.6 is 27.3 Å². The number of halogens is 1. The molecule has 152 valence electrons. The summed E-state index contributed by atoms with van der Waals surface area (Å²) in [6.07, 6.45) is 0. The van der Waals surface area contributed by atoms with E-state index in [1.54, 1.807) is 18.4 Å². The van der Waals surface area contributed by atoms with E-state index in [1.807, 2.05) is 73.0 Å². The van der Waals surface area contributed by atoms with Crippen LogP contribution in [0.25, 0.3) is 21.2 Å². The predicted octanol–water partition coefficient (Wildman–Crippen LogP) is 6.89. The van der Waals surface area contributed by atoms with Crippen LogP contribution in [-0.4, -0.2) is 24.8 Å². The molecule has 0 radical (unpaired) electrons. The summed E-state index contributed by atoms with van der Waals surface area (Å²) in [4.78, 5) is 13.7. The number of alkyl halides is 1. The van der Waals surface area contributed by atoms with Gasteiger partial charge in [0.1, 0.15) is 11.5 Å². The van der Waals surface area contributed by atoms with Gasteiger partial charge in [-0.25, -0.2) is 0 Å². The Hall–Kier alpha value is -2.63. The number of methoxy groups -OCH3 is 1. The molecule has 3 nitrogen and oxygen atoms in total. The van der Waals surface area contributed by atoms with Crippen LogP contribution in [0.15, 0.2) is 66.0 Å². The van der Waals surface area contributed by atoms with Crippen molar-refractivity contribution in [2.75, 3.05) is 19.0 Å². The maximum absolute atomic E-state index is 13.7. The summed E-state index contributed by atoms with van der Waals surface area (Å²) in [5, 5.41) is 3.69. The minimum Gasteiger partial charge on any atom is -0.497 e. The summed E-state index contributed by atoms with van der Waals surface area (Å²) in [7, 11) is 1.64. The third-order valence-corrected chi connectivity index (χ3v) is 6.30. The smallest absolute Gasteiger partial charge is 0.195 e. The summed E-state index contributed by atoms with van der Waals surface area (Å²) in [6, 6.07) is 19.7. The van der Waals surface area contributed by atoms with Crippen molar-refractivity contribution in [1.82, 2.24) is 0 Å². The summed E-state index contributed by atoms with van der Waals surface area (Å²) >= 11 is 5.00. The monoisotopic (exact) mass is 480 g/mol. The first-order chi connectivity index (χ1) is 14.6. The van der Waals surface area contributed by atoms with Gasteiger partial charge in [-0.3, -0.25) is 4.79 Å². The van der Waals surface area contributed by atoms with Gasteiger partial charge in [0, 0.05) is 31.9 Å². The Labute approximate surface area is 188 Å². The summed E-state index contributed by atoms with van der Waals surface area (Å²) < 4.78 is 12.3. The maximum Gasteiger partial charge on any atom is 0.195 e. The zero-order valence-electron chi connectivity index (χ0n) is 16.8. The van der Waals surface area contributed by atoms with E-state index in [9.17, 15) is 4.79 Å². The van der Waals surface area contributed by atoms with Gasteiger partial charge in [-0.2, -0.15) is 0 Å². The molecule has 4 aromatic rings. The van der Waals surface area contributed by atoms with E-state index in [1.165, 1.54) is 0 Å². The zero-order chi connectivity index (χ0) is 21.1. The van der Waals surface area contributed by atoms with E-state index >= 15 is 0 Å². The fraction of sp³-hybridized carbons (Fsp3) is 0.160. The average molecular weight is 481 g/mol. The van der Waals surface area contributed by atoms with Crippen molar-refractivity contribution in [2.24, 2.45) is 0 Å². The van der Waals surface area contributed by atoms with Gasteiger partial charge in [-0.15, -0.1) is 11.3 Å². The molecule has 0 bridgehead atoms. The molecule has 3 aromatic carbocycles. The molecule has 0 spiro atoms. The van der Waals surface area contributed by atoms with Crippen molar-refractivity contribution < 1.29 is 14.3 Å². The number of benzene rings is 3. The second-order valence-corrected chi connectivity index (χ2v) is 8.61. The van der Waals surface area contributed by atoms with Gasteiger partial charge in [-0.05, 0) is 53.9 Å². The Kier molecular flexibility index (Phi) is 6.21. The lowest BCUT2D eigenvalue weighted by Crippen LogP contribution is -2.07. The van der Waals surface area contributed by atoms with Gasteiger partial charge >= 0.3 is 0 Å². The molecule has 0 amide bonds. The normalized spacial score (nSPS) is 10.9. The Morgan fingerprint density at radius 1 is 1.03 bits per heavy atom. The van der Waals surface area contributed by atoms with Crippen molar-refractivity contribution in [1.29, 1.82) is 0 Å². The molecular formula is C25H21BrO3S. The van der Waals surface area contributed by atoms with E-state index in [0.717, 1.165) is 49.2 Å². The Morgan fingerprint density at radius 2 is 1.80 bits per heavy atom. The zero-order valence-corrected chi connectivity index (χ0v) is 19.2. The highest BCUT2D eigenvalue weighted by Crippen LogP contribution is 2.36. The van der Waals surface area contributed by atoms with Gasteiger partial charge in [0.25, 0.3) is 0 Å².